The van der Waals surface area contributed by atoms with Crippen molar-refractivity contribution in [1.82, 2.24) is 4.31 Å². The van der Waals surface area contributed by atoms with Gasteiger partial charge < -0.3 is 0 Å². The Morgan fingerprint density at radius 3 is 2.32 bits per heavy atom. The summed E-state index contributed by atoms with van der Waals surface area (Å²) in [6.07, 6.45) is 0.101. The van der Waals surface area contributed by atoms with Crippen LogP contribution in [0.3, 0.4) is 0 Å². The first-order chi connectivity index (χ1) is 8.84. The predicted octanol–water partition coefficient (Wildman–Crippen LogP) is 3.27. The fourth-order valence-corrected chi connectivity index (χ4v) is 5.43. The van der Waals surface area contributed by atoms with Gasteiger partial charge in [-0.3, -0.25) is 0 Å². The molecule has 0 spiro atoms. The van der Waals surface area contributed by atoms with Crippen LogP contribution in [0.4, 0.5) is 4.39 Å². The lowest BCUT2D eigenvalue weighted by Crippen LogP contribution is -2.32. The van der Waals surface area contributed by atoms with E-state index in [2.05, 4.69) is 31.9 Å². The third-order valence-electron chi connectivity index (χ3n) is 2.39. The maximum Gasteiger partial charge on any atom is 0.245 e. The van der Waals surface area contributed by atoms with Crippen LogP contribution in [0.1, 0.15) is 13.3 Å². The van der Waals surface area contributed by atoms with Gasteiger partial charge in [0, 0.05) is 28.5 Å². The van der Waals surface area contributed by atoms with Crippen molar-refractivity contribution in [2.45, 2.75) is 18.2 Å². The standard InChI is InChI=1S/C11H11Br2FN2O2S/c1-2-16(5-3-4-15)19(17,18)11-9(12)6-8(14)7-10(11)13/h6-7H,2-3,5H2,1H3. The summed E-state index contributed by atoms with van der Waals surface area (Å²) in [6.45, 7) is 2.02. The monoisotopic (exact) mass is 412 g/mol. The van der Waals surface area contributed by atoms with E-state index in [0.717, 1.165) is 12.1 Å². The van der Waals surface area contributed by atoms with E-state index < -0.39 is 15.8 Å². The molecule has 104 valence electrons. The number of rotatable bonds is 5. The molecule has 4 nitrogen and oxygen atoms in total. The highest BCUT2D eigenvalue weighted by molar-refractivity contribution is 9.11. The number of hydrogen-bond donors (Lipinski definition) is 0. The van der Waals surface area contributed by atoms with E-state index in [4.69, 9.17) is 5.26 Å². The molecule has 0 N–H and O–H groups in total. The lowest BCUT2D eigenvalue weighted by molar-refractivity contribution is 0.434. The first kappa shape index (κ1) is 16.6. The zero-order chi connectivity index (χ0) is 14.6. The Balaban J connectivity index is 3.31. The van der Waals surface area contributed by atoms with Crippen molar-refractivity contribution in [2.24, 2.45) is 0 Å². The van der Waals surface area contributed by atoms with E-state index in [1.807, 2.05) is 6.07 Å². The van der Waals surface area contributed by atoms with Crippen molar-refractivity contribution < 1.29 is 12.8 Å². The maximum atomic E-state index is 13.2. The van der Waals surface area contributed by atoms with Crippen LogP contribution in [0.25, 0.3) is 0 Å². The first-order valence-corrected chi connectivity index (χ1v) is 8.38. The third kappa shape index (κ3) is 3.75. The van der Waals surface area contributed by atoms with Crippen LogP contribution in [0.2, 0.25) is 0 Å². The van der Waals surface area contributed by atoms with Gasteiger partial charge in [0.1, 0.15) is 10.7 Å². The molecule has 0 aliphatic carbocycles. The molecule has 1 aromatic rings. The molecular formula is C11H11Br2FN2O2S. The van der Waals surface area contributed by atoms with Crippen molar-refractivity contribution in [1.29, 1.82) is 5.26 Å². The van der Waals surface area contributed by atoms with Crippen LogP contribution in [0, 0.1) is 17.1 Å². The zero-order valence-electron chi connectivity index (χ0n) is 10.0. The highest BCUT2D eigenvalue weighted by Gasteiger charge is 2.28. The van der Waals surface area contributed by atoms with E-state index >= 15 is 0 Å². The molecule has 1 rings (SSSR count). The van der Waals surface area contributed by atoms with E-state index in [1.165, 1.54) is 4.31 Å². The topological polar surface area (TPSA) is 61.2 Å². The average Bonchev–Trinajstić information content (AvgIpc) is 2.27. The summed E-state index contributed by atoms with van der Waals surface area (Å²) in [5, 5.41) is 8.55. The molecule has 0 aliphatic heterocycles. The Hall–Kier alpha value is -0.490. The summed E-state index contributed by atoms with van der Waals surface area (Å²) < 4.78 is 39.6. The second kappa shape index (κ2) is 6.79. The Morgan fingerprint density at radius 2 is 1.89 bits per heavy atom. The van der Waals surface area contributed by atoms with Crippen molar-refractivity contribution >= 4 is 41.9 Å². The highest BCUT2D eigenvalue weighted by Crippen LogP contribution is 2.33. The van der Waals surface area contributed by atoms with E-state index in [9.17, 15) is 12.8 Å². The van der Waals surface area contributed by atoms with Gasteiger partial charge in [-0.1, -0.05) is 6.92 Å². The van der Waals surface area contributed by atoms with Crippen molar-refractivity contribution in [2.75, 3.05) is 13.1 Å². The normalized spacial score (nSPS) is 11.6. The van der Waals surface area contributed by atoms with Gasteiger partial charge in [0.2, 0.25) is 10.0 Å². The zero-order valence-corrected chi connectivity index (χ0v) is 14.0. The Bertz CT molecular complexity index is 591. The van der Waals surface area contributed by atoms with E-state index in [0.29, 0.717) is 0 Å². The van der Waals surface area contributed by atoms with Crippen LogP contribution in [0.15, 0.2) is 26.0 Å². The Kier molecular flexibility index (Phi) is 5.92. The molecule has 0 atom stereocenters. The number of benzene rings is 1. The van der Waals surface area contributed by atoms with Crippen molar-refractivity contribution in [3.05, 3.63) is 26.9 Å². The Morgan fingerprint density at radius 1 is 1.37 bits per heavy atom. The molecule has 0 amide bonds. The predicted molar refractivity (Wildman–Crippen MR) is 76.5 cm³/mol. The smallest absolute Gasteiger partial charge is 0.207 e. The summed E-state index contributed by atoms with van der Waals surface area (Å²) in [4.78, 5) is -0.0336. The second-order valence-electron chi connectivity index (χ2n) is 3.60. The molecule has 19 heavy (non-hydrogen) atoms. The molecule has 0 saturated heterocycles. The molecule has 0 bridgehead atoms. The van der Waals surface area contributed by atoms with Gasteiger partial charge in [0.15, 0.2) is 0 Å². The molecule has 0 heterocycles. The third-order valence-corrected chi connectivity index (χ3v) is 6.24. The summed E-state index contributed by atoms with van der Waals surface area (Å²) >= 11 is 6.12. The first-order valence-electron chi connectivity index (χ1n) is 5.36. The van der Waals surface area contributed by atoms with Crippen LogP contribution < -0.4 is 0 Å². The van der Waals surface area contributed by atoms with Crippen LogP contribution in [-0.4, -0.2) is 25.8 Å². The minimum absolute atomic E-state index is 0.0336. The fourth-order valence-electron chi connectivity index (χ4n) is 1.53. The number of hydrogen-bond acceptors (Lipinski definition) is 3. The van der Waals surface area contributed by atoms with Crippen LogP contribution in [0.5, 0.6) is 0 Å². The Labute approximate surface area is 128 Å². The minimum atomic E-state index is -3.78. The van der Waals surface area contributed by atoms with Crippen LogP contribution >= 0.6 is 31.9 Å². The van der Waals surface area contributed by atoms with Gasteiger partial charge in [-0.05, 0) is 44.0 Å². The van der Waals surface area contributed by atoms with Gasteiger partial charge in [0.05, 0.1) is 6.07 Å². The molecule has 0 fully saturated rings. The van der Waals surface area contributed by atoms with Gasteiger partial charge in [-0.2, -0.15) is 9.57 Å². The molecule has 0 saturated carbocycles. The van der Waals surface area contributed by atoms with Gasteiger partial charge >= 0.3 is 0 Å². The largest absolute Gasteiger partial charge is 0.245 e. The quantitative estimate of drug-likeness (QED) is 0.744. The molecule has 0 radical (unpaired) electrons. The van der Waals surface area contributed by atoms with Gasteiger partial charge in [-0.25, -0.2) is 12.8 Å². The SMILES string of the molecule is CCN(CCC#N)S(=O)(=O)c1c(Br)cc(F)cc1Br. The molecule has 0 aromatic heterocycles. The van der Waals surface area contributed by atoms with Crippen LogP contribution in [-0.2, 0) is 10.0 Å². The summed E-state index contributed by atoms with van der Waals surface area (Å²) in [5.74, 6) is -0.544. The lowest BCUT2D eigenvalue weighted by Gasteiger charge is -2.20. The number of halogens is 3. The summed E-state index contributed by atoms with van der Waals surface area (Å²) in [7, 11) is -3.78. The molecule has 0 aliphatic rings. The maximum absolute atomic E-state index is 13.2. The number of sulfonamides is 1. The second-order valence-corrected chi connectivity index (χ2v) is 7.19. The highest BCUT2D eigenvalue weighted by atomic mass is 79.9. The fraction of sp³-hybridized carbons (Fsp3) is 0.364. The lowest BCUT2D eigenvalue weighted by atomic mass is 10.3. The van der Waals surface area contributed by atoms with E-state index in [1.54, 1.807) is 6.92 Å². The van der Waals surface area contributed by atoms with E-state index in [-0.39, 0.29) is 33.4 Å². The molecule has 8 heteroatoms. The molecular weight excluding hydrogens is 403 g/mol. The van der Waals surface area contributed by atoms with Gasteiger partial charge in [0.25, 0.3) is 0 Å². The van der Waals surface area contributed by atoms with Crippen molar-refractivity contribution in [3.8, 4) is 6.07 Å². The number of nitriles is 1. The summed E-state index contributed by atoms with van der Waals surface area (Å²) in [6, 6.07) is 4.09. The molecule has 1 aromatic carbocycles. The number of nitrogens with zero attached hydrogens (tertiary/aromatic N) is 2. The summed E-state index contributed by atoms with van der Waals surface area (Å²) in [5.41, 5.74) is 0. The average molecular weight is 414 g/mol. The van der Waals surface area contributed by atoms with Gasteiger partial charge in [-0.15, -0.1) is 0 Å². The van der Waals surface area contributed by atoms with Crippen molar-refractivity contribution in [3.63, 3.8) is 0 Å². The minimum Gasteiger partial charge on any atom is -0.207 e. The molecule has 0 unspecified atom stereocenters.